The van der Waals surface area contributed by atoms with Gasteiger partial charge in [-0.3, -0.25) is 4.79 Å². The molecule has 1 aromatic heterocycles. The molecule has 90 valence electrons. The van der Waals surface area contributed by atoms with Crippen LogP contribution in [0, 0.1) is 11.3 Å². The van der Waals surface area contributed by atoms with Crippen LogP contribution in [-0.4, -0.2) is 10.9 Å². The molecule has 0 aliphatic carbocycles. The van der Waals surface area contributed by atoms with Crippen LogP contribution < -0.4 is 5.73 Å². The van der Waals surface area contributed by atoms with Crippen LogP contribution in [0.2, 0.25) is 0 Å². The number of para-hydroxylation sites is 1. The maximum Gasteiger partial charge on any atom is 0.259 e. The summed E-state index contributed by atoms with van der Waals surface area (Å²) in [5.74, 6) is -0.710. The Morgan fingerprint density at radius 3 is 2.94 bits per heavy atom. The number of nitriles is 1. The fourth-order valence-corrected chi connectivity index (χ4v) is 1.97. The van der Waals surface area contributed by atoms with Crippen molar-refractivity contribution >= 4 is 22.9 Å². The fraction of sp³-hybridized carbons (Fsp3) is 0.143. The highest BCUT2D eigenvalue weighted by atomic mass is 16.1. The molecule has 2 rings (SSSR count). The second kappa shape index (κ2) is 4.76. The highest BCUT2D eigenvalue weighted by Gasteiger charge is 2.08. The van der Waals surface area contributed by atoms with Gasteiger partial charge in [-0.1, -0.05) is 25.1 Å². The van der Waals surface area contributed by atoms with Gasteiger partial charge < -0.3 is 10.7 Å². The molecule has 18 heavy (non-hydrogen) atoms. The molecule has 3 N–H and O–H groups in total. The Morgan fingerprint density at radius 2 is 2.33 bits per heavy atom. The molecule has 0 saturated carbocycles. The summed E-state index contributed by atoms with van der Waals surface area (Å²) in [7, 11) is 0. The Morgan fingerprint density at radius 1 is 1.56 bits per heavy atom. The first-order valence-electron chi connectivity index (χ1n) is 5.68. The summed E-state index contributed by atoms with van der Waals surface area (Å²) in [6, 6.07) is 7.77. The van der Waals surface area contributed by atoms with Gasteiger partial charge >= 0.3 is 0 Å². The molecule has 0 unspecified atom stereocenters. The van der Waals surface area contributed by atoms with Crippen molar-refractivity contribution in [3.05, 3.63) is 41.1 Å². The lowest BCUT2D eigenvalue weighted by Crippen LogP contribution is -2.12. The second-order valence-electron chi connectivity index (χ2n) is 3.97. The summed E-state index contributed by atoms with van der Waals surface area (Å²) in [5.41, 5.74) is 8.12. The minimum Gasteiger partial charge on any atom is -0.365 e. The number of nitrogens with two attached hydrogens (primary N) is 1. The van der Waals surface area contributed by atoms with E-state index in [1.54, 1.807) is 12.3 Å². The molecule has 4 heteroatoms. The number of hydrogen-bond acceptors (Lipinski definition) is 2. The van der Waals surface area contributed by atoms with Crippen molar-refractivity contribution in [1.82, 2.24) is 4.98 Å². The van der Waals surface area contributed by atoms with Crippen LogP contribution in [0.5, 0.6) is 0 Å². The highest BCUT2D eigenvalue weighted by molar-refractivity contribution is 6.03. The van der Waals surface area contributed by atoms with Gasteiger partial charge in [0.2, 0.25) is 0 Å². The van der Waals surface area contributed by atoms with Crippen LogP contribution in [-0.2, 0) is 11.2 Å². The van der Waals surface area contributed by atoms with Gasteiger partial charge in [0.05, 0.1) is 0 Å². The number of primary amides is 1. The van der Waals surface area contributed by atoms with E-state index in [0.717, 1.165) is 22.9 Å². The van der Waals surface area contributed by atoms with Gasteiger partial charge in [-0.15, -0.1) is 0 Å². The summed E-state index contributed by atoms with van der Waals surface area (Å²) in [6.07, 6.45) is 4.21. The normalized spacial score (nSPS) is 11.4. The molecule has 1 heterocycles. The van der Waals surface area contributed by atoms with Gasteiger partial charge in [0.25, 0.3) is 5.91 Å². The number of aromatic amines is 1. The highest BCUT2D eigenvalue weighted by Crippen LogP contribution is 2.23. The van der Waals surface area contributed by atoms with E-state index >= 15 is 0 Å². The van der Waals surface area contributed by atoms with E-state index in [-0.39, 0.29) is 5.57 Å². The smallest absolute Gasteiger partial charge is 0.259 e. The molecule has 1 amide bonds. The lowest BCUT2D eigenvalue weighted by atomic mass is 10.1. The molecule has 0 bridgehead atoms. The van der Waals surface area contributed by atoms with E-state index in [1.807, 2.05) is 18.2 Å². The number of nitrogens with one attached hydrogen (secondary N) is 1. The van der Waals surface area contributed by atoms with Crippen LogP contribution in [0.4, 0.5) is 0 Å². The maximum absolute atomic E-state index is 11.0. The first-order valence-corrected chi connectivity index (χ1v) is 5.68. The van der Waals surface area contributed by atoms with E-state index in [0.29, 0.717) is 0 Å². The first-order chi connectivity index (χ1) is 8.67. The van der Waals surface area contributed by atoms with Crippen molar-refractivity contribution in [2.45, 2.75) is 13.3 Å². The largest absolute Gasteiger partial charge is 0.365 e. The molecule has 0 fully saturated rings. The first kappa shape index (κ1) is 11.9. The average Bonchev–Trinajstić information content (AvgIpc) is 2.78. The van der Waals surface area contributed by atoms with Gasteiger partial charge in [-0.05, 0) is 18.1 Å². The number of carbonyl (C=O) groups is 1. The van der Waals surface area contributed by atoms with Gasteiger partial charge in [-0.2, -0.15) is 5.26 Å². The Kier molecular flexibility index (Phi) is 3.16. The molecule has 0 atom stereocenters. The van der Waals surface area contributed by atoms with Crippen molar-refractivity contribution in [2.75, 3.05) is 0 Å². The Hall–Kier alpha value is -2.54. The quantitative estimate of drug-likeness (QED) is 0.635. The number of aryl methyl sites for hydroxylation is 1. The van der Waals surface area contributed by atoms with E-state index in [1.165, 1.54) is 11.6 Å². The Balaban J connectivity index is 2.61. The predicted molar refractivity (Wildman–Crippen MR) is 70.5 cm³/mol. The Bertz CT molecular complexity index is 674. The average molecular weight is 239 g/mol. The molecule has 4 nitrogen and oxygen atoms in total. The van der Waals surface area contributed by atoms with E-state index in [2.05, 4.69) is 11.9 Å². The topological polar surface area (TPSA) is 82.7 Å². The lowest BCUT2D eigenvalue weighted by molar-refractivity contribution is -0.114. The second-order valence-corrected chi connectivity index (χ2v) is 3.97. The lowest BCUT2D eigenvalue weighted by Gasteiger charge is -1.99. The minimum atomic E-state index is -0.710. The summed E-state index contributed by atoms with van der Waals surface area (Å²) in [5, 5.41) is 9.83. The van der Waals surface area contributed by atoms with Crippen LogP contribution >= 0.6 is 0 Å². The number of benzene rings is 1. The molecular weight excluding hydrogens is 226 g/mol. The number of rotatable bonds is 3. The predicted octanol–water partition coefficient (Wildman–Crippen LogP) is 2.12. The third kappa shape index (κ3) is 1.98. The molecule has 0 aliphatic rings. The molecular formula is C14H13N3O. The van der Waals surface area contributed by atoms with Crippen molar-refractivity contribution in [1.29, 1.82) is 5.26 Å². The third-order valence-electron chi connectivity index (χ3n) is 2.90. The zero-order valence-corrected chi connectivity index (χ0v) is 10.0. The number of nitrogens with zero attached hydrogens (tertiary/aromatic N) is 1. The van der Waals surface area contributed by atoms with E-state index in [9.17, 15) is 4.79 Å². The Labute approximate surface area is 105 Å². The van der Waals surface area contributed by atoms with Crippen molar-refractivity contribution in [2.24, 2.45) is 5.73 Å². The summed E-state index contributed by atoms with van der Waals surface area (Å²) in [6.45, 7) is 2.08. The number of aromatic nitrogens is 1. The third-order valence-corrected chi connectivity index (χ3v) is 2.90. The van der Waals surface area contributed by atoms with Gasteiger partial charge in [0.15, 0.2) is 0 Å². The molecule has 0 saturated heterocycles. The summed E-state index contributed by atoms with van der Waals surface area (Å²) in [4.78, 5) is 14.2. The summed E-state index contributed by atoms with van der Waals surface area (Å²) < 4.78 is 0. The fourth-order valence-electron chi connectivity index (χ4n) is 1.97. The van der Waals surface area contributed by atoms with Crippen molar-refractivity contribution in [3.63, 3.8) is 0 Å². The zero-order chi connectivity index (χ0) is 13.1. The SMILES string of the molecule is CCc1cccc2c(/C=C(/C#N)C(N)=O)c[nH]c12. The van der Waals surface area contributed by atoms with Crippen LogP contribution in [0.15, 0.2) is 30.0 Å². The van der Waals surface area contributed by atoms with Crippen molar-refractivity contribution < 1.29 is 4.79 Å². The number of amides is 1. The zero-order valence-electron chi connectivity index (χ0n) is 10.0. The van der Waals surface area contributed by atoms with Gasteiger partial charge in [-0.25, -0.2) is 0 Å². The van der Waals surface area contributed by atoms with E-state index < -0.39 is 5.91 Å². The van der Waals surface area contributed by atoms with Gasteiger partial charge in [0.1, 0.15) is 11.6 Å². The molecule has 0 spiro atoms. The molecule has 0 aliphatic heterocycles. The number of hydrogen-bond donors (Lipinski definition) is 2. The minimum absolute atomic E-state index is 0.0437. The molecule has 1 aromatic carbocycles. The van der Waals surface area contributed by atoms with Gasteiger partial charge in [0, 0.05) is 22.7 Å². The maximum atomic E-state index is 11.0. The summed E-state index contributed by atoms with van der Waals surface area (Å²) >= 11 is 0. The van der Waals surface area contributed by atoms with E-state index in [4.69, 9.17) is 11.0 Å². The molecule has 2 aromatic rings. The van der Waals surface area contributed by atoms with Crippen LogP contribution in [0.3, 0.4) is 0 Å². The standard InChI is InChI=1S/C14H13N3O/c1-2-9-4-3-5-12-11(8-17-13(9)12)6-10(7-15)14(16)18/h3-6,8,17H,2H2,1H3,(H2,16,18)/b10-6-. The number of H-pyrrole nitrogens is 1. The molecule has 0 radical (unpaired) electrons. The van der Waals surface area contributed by atoms with Crippen LogP contribution in [0.1, 0.15) is 18.1 Å². The number of carbonyl (C=O) groups excluding carboxylic acids is 1. The monoisotopic (exact) mass is 239 g/mol. The number of fused-ring (bicyclic) bond motifs is 1. The van der Waals surface area contributed by atoms with Crippen LogP contribution in [0.25, 0.3) is 17.0 Å². The van der Waals surface area contributed by atoms with Crippen molar-refractivity contribution in [3.8, 4) is 6.07 Å².